The first-order chi connectivity index (χ1) is 13.2. The van der Waals surface area contributed by atoms with E-state index in [9.17, 15) is 5.11 Å². The lowest BCUT2D eigenvalue weighted by molar-refractivity contribution is 0.331. The first-order valence-corrected chi connectivity index (χ1v) is 9.83. The molecule has 0 aromatic heterocycles. The average molecular weight is 367 g/mol. The molecule has 0 saturated carbocycles. The van der Waals surface area contributed by atoms with Crippen molar-refractivity contribution in [3.8, 4) is 5.75 Å². The van der Waals surface area contributed by atoms with Crippen molar-refractivity contribution in [3.63, 3.8) is 0 Å². The molecule has 0 radical (unpaired) electrons. The van der Waals surface area contributed by atoms with Gasteiger partial charge >= 0.3 is 0 Å². The molecule has 5 nitrogen and oxygen atoms in total. The Morgan fingerprint density at radius 3 is 2.44 bits per heavy atom. The highest BCUT2D eigenvalue weighted by Crippen LogP contribution is 2.14. The lowest BCUT2D eigenvalue weighted by Gasteiger charge is -2.15. The molecule has 0 aliphatic carbocycles. The van der Waals surface area contributed by atoms with Crippen molar-refractivity contribution in [3.05, 3.63) is 65.2 Å². The van der Waals surface area contributed by atoms with Crippen LogP contribution in [0.15, 0.2) is 53.5 Å². The van der Waals surface area contributed by atoms with Crippen molar-refractivity contribution in [2.45, 2.75) is 39.4 Å². The number of nitrogens with zero attached hydrogens (tertiary/aromatic N) is 2. The van der Waals surface area contributed by atoms with E-state index in [1.165, 1.54) is 37.1 Å². The Kier molecular flexibility index (Phi) is 7.11. The molecular weight excluding hydrogens is 336 g/mol. The van der Waals surface area contributed by atoms with Gasteiger partial charge in [-0.25, -0.2) is 4.99 Å². The van der Waals surface area contributed by atoms with Crippen LogP contribution in [-0.2, 0) is 19.6 Å². The summed E-state index contributed by atoms with van der Waals surface area (Å²) >= 11 is 0. The number of phenolic OH excluding ortho intramolecular Hbond substituents is 1. The molecule has 1 aliphatic rings. The molecule has 2 aromatic rings. The van der Waals surface area contributed by atoms with Gasteiger partial charge in [-0.15, -0.1) is 0 Å². The van der Waals surface area contributed by atoms with Gasteiger partial charge in [-0.05, 0) is 61.7 Å². The molecule has 2 aromatic carbocycles. The van der Waals surface area contributed by atoms with Crippen LogP contribution in [0.25, 0.3) is 0 Å². The molecule has 1 saturated heterocycles. The third-order valence-corrected chi connectivity index (χ3v) is 4.76. The topological polar surface area (TPSA) is 59.9 Å². The molecule has 3 rings (SSSR count). The fourth-order valence-corrected chi connectivity index (χ4v) is 3.31. The van der Waals surface area contributed by atoms with Crippen LogP contribution < -0.4 is 10.6 Å². The van der Waals surface area contributed by atoms with Gasteiger partial charge in [-0.2, -0.15) is 0 Å². The van der Waals surface area contributed by atoms with Crippen LogP contribution in [0.3, 0.4) is 0 Å². The van der Waals surface area contributed by atoms with Crippen LogP contribution in [0.2, 0.25) is 0 Å². The first-order valence-electron chi connectivity index (χ1n) is 9.83. The molecule has 0 spiro atoms. The van der Waals surface area contributed by atoms with E-state index in [1.54, 1.807) is 12.1 Å². The van der Waals surface area contributed by atoms with Gasteiger partial charge < -0.3 is 15.7 Å². The van der Waals surface area contributed by atoms with Crippen molar-refractivity contribution >= 4 is 5.96 Å². The molecule has 3 N–H and O–H groups in total. The smallest absolute Gasteiger partial charge is 0.191 e. The Morgan fingerprint density at radius 2 is 1.74 bits per heavy atom. The van der Waals surface area contributed by atoms with Crippen molar-refractivity contribution in [2.24, 2.45) is 4.99 Å². The Bertz CT molecular complexity index is 736. The fraction of sp³-hybridized carbons (Fsp3) is 0.409. The van der Waals surface area contributed by atoms with E-state index in [0.717, 1.165) is 31.2 Å². The summed E-state index contributed by atoms with van der Waals surface area (Å²) in [6.07, 6.45) is 2.66. The van der Waals surface area contributed by atoms with E-state index in [2.05, 4.69) is 51.7 Å². The highest BCUT2D eigenvalue weighted by Gasteiger charge is 2.11. The minimum absolute atomic E-state index is 0.273. The number of aromatic hydroxyl groups is 1. The van der Waals surface area contributed by atoms with Gasteiger partial charge in [0.2, 0.25) is 0 Å². The molecule has 144 valence electrons. The maximum Gasteiger partial charge on any atom is 0.191 e. The Labute approximate surface area is 162 Å². The third-order valence-electron chi connectivity index (χ3n) is 4.76. The second kappa shape index (κ2) is 9.97. The summed E-state index contributed by atoms with van der Waals surface area (Å²) in [5, 5.41) is 16.2. The van der Waals surface area contributed by atoms with E-state index in [4.69, 9.17) is 0 Å². The van der Waals surface area contributed by atoms with Gasteiger partial charge in [0.1, 0.15) is 5.75 Å². The number of nitrogens with one attached hydrogen (secondary N) is 2. The van der Waals surface area contributed by atoms with Crippen LogP contribution in [-0.4, -0.2) is 35.6 Å². The Balaban J connectivity index is 1.52. The molecule has 0 amide bonds. The zero-order valence-electron chi connectivity index (χ0n) is 16.1. The van der Waals surface area contributed by atoms with Crippen LogP contribution in [0, 0.1) is 0 Å². The van der Waals surface area contributed by atoms with Gasteiger partial charge in [0, 0.05) is 19.6 Å². The molecule has 0 bridgehead atoms. The van der Waals surface area contributed by atoms with Gasteiger partial charge in [-0.3, -0.25) is 4.90 Å². The van der Waals surface area contributed by atoms with Crippen molar-refractivity contribution in [1.29, 1.82) is 0 Å². The van der Waals surface area contributed by atoms with E-state index in [-0.39, 0.29) is 5.75 Å². The average Bonchev–Trinajstić information content (AvgIpc) is 3.18. The predicted molar refractivity (Wildman–Crippen MR) is 111 cm³/mol. The van der Waals surface area contributed by atoms with E-state index < -0.39 is 0 Å². The van der Waals surface area contributed by atoms with Gasteiger partial charge in [0.05, 0.1) is 6.54 Å². The molecule has 1 heterocycles. The minimum Gasteiger partial charge on any atom is -0.508 e. The van der Waals surface area contributed by atoms with Crippen LogP contribution in [0.4, 0.5) is 0 Å². The fourth-order valence-electron chi connectivity index (χ4n) is 3.31. The molecule has 5 heteroatoms. The standard InChI is InChI=1S/C22H30N4O/c1-2-23-22(25-16-20-6-5-7-21(27)14-20)24-15-18-8-10-19(11-9-18)17-26-12-3-4-13-26/h5-11,14,27H,2-4,12-13,15-17H2,1H3,(H2,23,24,25). The quantitative estimate of drug-likeness (QED) is 0.520. The lowest BCUT2D eigenvalue weighted by Crippen LogP contribution is -2.36. The van der Waals surface area contributed by atoms with Gasteiger partial charge in [0.25, 0.3) is 0 Å². The van der Waals surface area contributed by atoms with Crippen molar-refractivity contribution in [1.82, 2.24) is 15.5 Å². The zero-order valence-corrected chi connectivity index (χ0v) is 16.1. The number of guanidine groups is 1. The summed E-state index contributed by atoms with van der Waals surface area (Å²) in [5.41, 5.74) is 3.60. The van der Waals surface area contributed by atoms with Crippen LogP contribution in [0.1, 0.15) is 36.5 Å². The SMILES string of the molecule is CCNC(=NCc1cccc(O)c1)NCc1ccc(CN2CCCC2)cc1. The number of phenols is 1. The largest absolute Gasteiger partial charge is 0.508 e. The molecule has 27 heavy (non-hydrogen) atoms. The zero-order chi connectivity index (χ0) is 18.9. The predicted octanol–water partition coefficient (Wildman–Crippen LogP) is 3.24. The van der Waals surface area contributed by atoms with E-state index in [1.807, 2.05) is 12.1 Å². The lowest BCUT2D eigenvalue weighted by atomic mass is 10.1. The highest BCUT2D eigenvalue weighted by molar-refractivity contribution is 5.79. The summed E-state index contributed by atoms with van der Waals surface area (Å²) < 4.78 is 0. The number of hydrogen-bond donors (Lipinski definition) is 3. The molecule has 0 atom stereocenters. The number of likely N-dealkylation sites (tertiary alicyclic amines) is 1. The summed E-state index contributed by atoms with van der Waals surface area (Å²) in [6, 6.07) is 16.1. The third kappa shape index (κ3) is 6.29. The normalized spacial score (nSPS) is 15.1. The van der Waals surface area contributed by atoms with Crippen molar-refractivity contribution < 1.29 is 5.11 Å². The monoisotopic (exact) mass is 366 g/mol. The van der Waals surface area contributed by atoms with Gasteiger partial charge in [0.15, 0.2) is 5.96 Å². The van der Waals surface area contributed by atoms with Crippen LogP contribution >= 0.6 is 0 Å². The summed E-state index contributed by atoms with van der Waals surface area (Å²) in [4.78, 5) is 7.12. The Hall–Kier alpha value is -2.53. The first kappa shape index (κ1) is 19.2. The second-order valence-electron chi connectivity index (χ2n) is 7.02. The maximum atomic E-state index is 9.56. The summed E-state index contributed by atoms with van der Waals surface area (Å²) in [5.74, 6) is 1.05. The summed E-state index contributed by atoms with van der Waals surface area (Å²) in [7, 11) is 0. The minimum atomic E-state index is 0.273. The van der Waals surface area contributed by atoms with E-state index in [0.29, 0.717) is 6.54 Å². The Morgan fingerprint density at radius 1 is 1.00 bits per heavy atom. The maximum absolute atomic E-state index is 9.56. The number of hydrogen-bond acceptors (Lipinski definition) is 3. The van der Waals surface area contributed by atoms with Gasteiger partial charge in [-0.1, -0.05) is 36.4 Å². The molecule has 1 fully saturated rings. The number of rotatable bonds is 7. The van der Waals surface area contributed by atoms with Crippen LogP contribution in [0.5, 0.6) is 5.75 Å². The second-order valence-corrected chi connectivity index (χ2v) is 7.02. The van der Waals surface area contributed by atoms with E-state index >= 15 is 0 Å². The number of aliphatic imine (C=N–C) groups is 1. The molecular formula is C22H30N4O. The summed E-state index contributed by atoms with van der Waals surface area (Å²) in [6.45, 7) is 7.63. The van der Waals surface area contributed by atoms with Crippen molar-refractivity contribution in [2.75, 3.05) is 19.6 Å². The molecule has 0 unspecified atom stereocenters. The molecule has 1 aliphatic heterocycles. The number of benzene rings is 2. The highest BCUT2D eigenvalue weighted by atomic mass is 16.3.